The third kappa shape index (κ3) is 4.15. The van der Waals surface area contributed by atoms with E-state index >= 15 is 0 Å². The standard InChI is InChI=1S/C14H25NO2/c1-11(2)12(14(3,4)5)13(16)17-15-9-7-6-8-10-15/h6-10H2,1-5H3. The Balaban J connectivity index is 2.70. The molecule has 1 fully saturated rings. The number of piperidine rings is 1. The molecular weight excluding hydrogens is 214 g/mol. The highest BCUT2D eigenvalue weighted by Crippen LogP contribution is 2.29. The fraction of sp³-hybridized carbons (Fsp3) is 0.786. The summed E-state index contributed by atoms with van der Waals surface area (Å²) < 4.78 is 0. The van der Waals surface area contributed by atoms with E-state index in [4.69, 9.17) is 4.84 Å². The van der Waals surface area contributed by atoms with Gasteiger partial charge in [-0.25, -0.2) is 4.79 Å². The second-order valence-corrected chi connectivity index (χ2v) is 5.99. The van der Waals surface area contributed by atoms with Gasteiger partial charge in [0.15, 0.2) is 0 Å². The molecule has 1 heterocycles. The fourth-order valence-electron chi connectivity index (χ4n) is 2.38. The van der Waals surface area contributed by atoms with Crippen LogP contribution in [0.4, 0.5) is 0 Å². The van der Waals surface area contributed by atoms with Gasteiger partial charge in [0.1, 0.15) is 0 Å². The molecular formula is C14H25NO2. The summed E-state index contributed by atoms with van der Waals surface area (Å²) in [6.45, 7) is 11.8. The number of carbonyl (C=O) groups is 1. The monoisotopic (exact) mass is 239 g/mol. The first-order valence-corrected chi connectivity index (χ1v) is 6.47. The summed E-state index contributed by atoms with van der Waals surface area (Å²) in [7, 11) is 0. The molecule has 0 aromatic rings. The molecule has 0 aromatic carbocycles. The van der Waals surface area contributed by atoms with Crippen molar-refractivity contribution in [3.05, 3.63) is 11.1 Å². The van der Waals surface area contributed by atoms with Crippen molar-refractivity contribution in [2.24, 2.45) is 5.41 Å². The molecule has 17 heavy (non-hydrogen) atoms. The zero-order valence-corrected chi connectivity index (χ0v) is 11.8. The number of carbonyl (C=O) groups excluding carboxylic acids is 1. The van der Waals surface area contributed by atoms with Crippen molar-refractivity contribution in [2.45, 2.75) is 53.9 Å². The molecule has 0 atom stereocenters. The Morgan fingerprint density at radius 2 is 1.59 bits per heavy atom. The summed E-state index contributed by atoms with van der Waals surface area (Å²) >= 11 is 0. The minimum atomic E-state index is -0.181. The number of rotatable bonds is 2. The highest BCUT2D eigenvalue weighted by atomic mass is 16.7. The van der Waals surface area contributed by atoms with E-state index in [0.29, 0.717) is 0 Å². The number of hydrogen-bond donors (Lipinski definition) is 0. The zero-order chi connectivity index (χ0) is 13.1. The van der Waals surface area contributed by atoms with Gasteiger partial charge in [0.05, 0.1) is 0 Å². The van der Waals surface area contributed by atoms with Crippen molar-refractivity contribution in [1.82, 2.24) is 5.06 Å². The largest absolute Gasteiger partial charge is 0.364 e. The average Bonchev–Trinajstić information content (AvgIpc) is 2.15. The van der Waals surface area contributed by atoms with Crippen LogP contribution in [0.2, 0.25) is 0 Å². The fourth-order valence-corrected chi connectivity index (χ4v) is 2.38. The van der Waals surface area contributed by atoms with Crippen molar-refractivity contribution in [3.8, 4) is 0 Å². The van der Waals surface area contributed by atoms with Gasteiger partial charge in [-0.3, -0.25) is 0 Å². The quantitative estimate of drug-likeness (QED) is 0.692. The van der Waals surface area contributed by atoms with Crippen LogP contribution >= 0.6 is 0 Å². The lowest BCUT2D eigenvalue weighted by atomic mass is 9.84. The summed E-state index contributed by atoms with van der Waals surface area (Å²) in [6.07, 6.45) is 3.47. The lowest BCUT2D eigenvalue weighted by molar-refractivity contribution is -0.190. The number of nitrogens with zero attached hydrogens (tertiary/aromatic N) is 1. The van der Waals surface area contributed by atoms with Crippen LogP contribution in [0.3, 0.4) is 0 Å². The summed E-state index contributed by atoms with van der Waals surface area (Å²) in [5.41, 5.74) is 1.67. The summed E-state index contributed by atoms with van der Waals surface area (Å²) in [4.78, 5) is 17.7. The third-order valence-electron chi connectivity index (χ3n) is 2.98. The van der Waals surface area contributed by atoms with Crippen LogP contribution in [-0.2, 0) is 9.63 Å². The van der Waals surface area contributed by atoms with Gasteiger partial charge in [0.2, 0.25) is 0 Å². The van der Waals surface area contributed by atoms with Crippen molar-refractivity contribution in [3.63, 3.8) is 0 Å². The molecule has 0 radical (unpaired) electrons. The zero-order valence-electron chi connectivity index (χ0n) is 11.8. The molecule has 0 bridgehead atoms. The summed E-state index contributed by atoms with van der Waals surface area (Å²) in [5, 5.41) is 1.81. The van der Waals surface area contributed by atoms with Gasteiger partial charge in [-0.15, -0.1) is 5.06 Å². The normalized spacial score (nSPS) is 17.7. The highest BCUT2D eigenvalue weighted by Gasteiger charge is 2.28. The van der Waals surface area contributed by atoms with E-state index in [1.165, 1.54) is 6.42 Å². The lowest BCUT2D eigenvalue weighted by Gasteiger charge is -2.29. The molecule has 0 saturated carbocycles. The Hall–Kier alpha value is -0.830. The van der Waals surface area contributed by atoms with Crippen LogP contribution in [0.1, 0.15) is 53.9 Å². The number of hydrogen-bond acceptors (Lipinski definition) is 3. The molecule has 0 unspecified atom stereocenters. The summed E-state index contributed by atoms with van der Waals surface area (Å²) in [5.74, 6) is -0.181. The van der Waals surface area contributed by atoms with E-state index in [2.05, 4.69) is 0 Å². The van der Waals surface area contributed by atoms with E-state index in [1.54, 1.807) is 5.06 Å². The highest BCUT2D eigenvalue weighted by molar-refractivity contribution is 5.90. The maximum atomic E-state index is 12.2. The maximum Gasteiger partial charge on any atom is 0.353 e. The van der Waals surface area contributed by atoms with E-state index < -0.39 is 0 Å². The van der Waals surface area contributed by atoms with Gasteiger partial charge in [-0.1, -0.05) is 32.8 Å². The van der Waals surface area contributed by atoms with Crippen molar-refractivity contribution in [1.29, 1.82) is 0 Å². The predicted octanol–water partition coefficient (Wildman–Crippen LogP) is 3.31. The van der Waals surface area contributed by atoms with Gasteiger partial charge < -0.3 is 4.84 Å². The maximum absolute atomic E-state index is 12.2. The van der Waals surface area contributed by atoms with Crippen LogP contribution in [0.15, 0.2) is 11.1 Å². The average molecular weight is 239 g/mol. The first-order valence-electron chi connectivity index (χ1n) is 6.47. The molecule has 3 nitrogen and oxygen atoms in total. The predicted molar refractivity (Wildman–Crippen MR) is 69.3 cm³/mol. The van der Waals surface area contributed by atoms with E-state index in [1.807, 2.05) is 34.6 Å². The topological polar surface area (TPSA) is 29.5 Å². The Bertz CT molecular complexity index is 303. The molecule has 0 aromatic heterocycles. The van der Waals surface area contributed by atoms with Crippen molar-refractivity contribution < 1.29 is 9.63 Å². The Morgan fingerprint density at radius 3 is 2.00 bits per heavy atom. The molecule has 0 amide bonds. The third-order valence-corrected chi connectivity index (χ3v) is 2.98. The Morgan fingerprint density at radius 1 is 1.06 bits per heavy atom. The SMILES string of the molecule is CC(C)=C(C(=O)ON1CCCCC1)C(C)(C)C. The second-order valence-electron chi connectivity index (χ2n) is 5.99. The van der Waals surface area contributed by atoms with Crippen LogP contribution in [0.25, 0.3) is 0 Å². The molecule has 0 spiro atoms. The molecule has 1 saturated heterocycles. The van der Waals surface area contributed by atoms with Crippen molar-refractivity contribution in [2.75, 3.05) is 13.1 Å². The molecule has 0 aliphatic carbocycles. The number of allylic oxidation sites excluding steroid dienone is 1. The minimum absolute atomic E-state index is 0.161. The number of hydroxylamine groups is 2. The van der Waals surface area contributed by atoms with Gasteiger partial charge in [-0.05, 0) is 32.1 Å². The molecule has 0 N–H and O–H groups in total. The van der Waals surface area contributed by atoms with Crippen LogP contribution in [-0.4, -0.2) is 24.1 Å². The molecule has 1 rings (SSSR count). The first-order chi connectivity index (χ1) is 7.82. The second kappa shape index (κ2) is 5.67. The summed E-state index contributed by atoms with van der Waals surface area (Å²) in [6, 6.07) is 0. The smallest absolute Gasteiger partial charge is 0.353 e. The van der Waals surface area contributed by atoms with Gasteiger partial charge in [0, 0.05) is 18.7 Å². The molecule has 98 valence electrons. The molecule has 1 aliphatic heterocycles. The van der Waals surface area contributed by atoms with Gasteiger partial charge >= 0.3 is 5.97 Å². The van der Waals surface area contributed by atoms with Crippen LogP contribution < -0.4 is 0 Å². The minimum Gasteiger partial charge on any atom is -0.364 e. The first kappa shape index (κ1) is 14.2. The molecule has 3 heteroatoms. The lowest BCUT2D eigenvalue weighted by Crippen LogP contribution is -2.34. The van der Waals surface area contributed by atoms with E-state index in [-0.39, 0.29) is 11.4 Å². The molecule has 1 aliphatic rings. The Labute approximate surface area is 105 Å². The van der Waals surface area contributed by atoms with Gasteiger partial charge in [0.25, 0.3) is 0 Å². The van der Waals surface area contributed by atoms with E-state index in [9.17, 15) is 4.79 Å². The van der Waals surface area contributed by atoms with E-state index in [0.717, 1.165) is 37.1 Å². The van der Waals surface area contributed by atoms with Crippen LogP contribution in [0.5, 0.6) is 0 Å². The van der Waals surface area contributed by atoms with Crippen LogP contribution in [0, 0.1) is 5.41 Å². The Kier molecular flexibility index (Phi) is 4.75. The van der Waals surface area contributed by atoms with Gasteiger partial charge in [-0.2, -0.15) is 0 Å². The van der Waals surface area contributed by atoms with Crippen molar-refractivity contribution >= 4 is 5.97 Å².